The summed E-state index contributed by atoms with van der Waals surface area (Å²) in [5, 5.41) is 3.02. The van der Waals surface area contributed by atoms with Crippen LogP contribution in [0.5, 0.6) is 0 Å². The monoisotopic (exact) mass is 231 g/mol. The van der Waals surface area contributed by atoms with E-state index in [1.807, 2.05) is 20.0 Å². The van der Waals surface area contributed by atoms with Gasteiger partial charge in [0.15, 0.2) is 5.82 Å². The highest BCUT2D eigenvalue weighted by Crippen LogP contribution is 2.20. The normalized spacial score (nSPS) is 10.5. The first-order valence-corrected chi connectivity index (χ1v) is 5.44. The van der Waals surface area contributed by atoms with Crippen LogP contribution in [0, 0.1) is 12.7 Å². The number of aromatic nitrogens is 2. The van der Waals surface area contributed by atoms with Crippen LogP contribution in [-0.4, -0.2) is 17.0 Å². The van der Waals surface area contributed by atoms with Gasteiger partial charge in [0, 0.05) is 18.3 Å². The Labute approximate surface area is 99.7 Å². The van der Waals surface area contributed by atoms with Crippen molar-refractivity contribution in [3.63, 3.8) is 0 Å². The molecular weight excluding hydrogens is 217 g/mol. The van der Waals surface area contributed by atoms with Crippen LogP contribution < -0.4 is 5.32 Å². The molecule has 0 unspecified atom stereocenters. The minimum Gasteiger partial charge on any atom is -0.314 e. The van der Waals surface area contributed by atoms with E-state index in [9.17, 15) is 4.39 Å². The topological polar surface area (TPSA) is 37.8 Å². The molecule has 0 aliphatic carbocycles. The van der Waals surface area contributed by atoms with Crippen molar-refractivity contribution in [3.8, 4) is 11.4 Å². The van der Waals surface area contributed by atoms with Gasteiger partial charge in [0.25, 0.3) is 0 Å². The molecule has 0 amide bonds. The van der Waals surface area contributed by atoms with Gasteiger partial charge >= 0.3 is 0 Å². The molecule has 0 spiro atoms. The van der Waals surface area contributed by atoms with E-state index in [0.29, 0.717) is 12.4 Å². The Morgan fingerprint density at radius 1 is 1.29 bits per heavy atom. The Morgan fingerprint density at radius 3 is 2.88 bits per heavy atom. The Bertz CT molecular complexity index is 526. The smallest absolute Gasteiger partial charge is 0.159 e. The van der Waals surface area contributed by atoms with E-state index in [1.54, 1.807) is 12.3 Å². The molecule has 2 aromatic rings. The molecule has 0 radical (unpaired) electrons. The van der Waals surface area contributed by atoms with Crippen molar-refractivity contribution >= 4 is 0 Å². The largest absolute Gasteiger partial charge is 0.314 e. The van der Waals surface area contributed by atoms with Crippen LogP contribution in [-0.2, 0) is 6.54 Å². The van der Waals surface area contributed by atoms with Crippen molar-refractivity contribution < 1.29 is 4.39 Å². The number of aryl methyl sites for hydroxylation is 1. The summed E-state index contributed by atoms with van der Waals surface area (Å²) in [6, 6.07) is 6.48. The van der Waals surface area contributed by atoms with Gasteiger partial charge in [-0.05, 0) is 37.7 Å². The van der Waals surface area contributed by atoms with Gasteiger partial charge in [-0.3, -0.25) is 0 Å². The summed E-state index contributed by atoms with van der Waals surface area (Å²) in [5.74, 6) is 0.294. The molecule has 1 aromatic carbocycles. The van der Waals surface area contributed by atoms with Gasteiger partial charge < -0.3 is 5.32 Å². The molecule has 3 nitrogen and oxygen atoms in total. The van der Waals surface area contributed by atoms with Crippen LogP contribution >= 0.6 is 0 Å². The molecule has 17 heavy (non-hydrogen) atoms. The van der Waals surface area contributed by atoms with Crippen LogP contribution in [0.1, 0.15) is 11.3 Å². The van der Waals surface area contributed by atoms with E-state index in [0.717, 1.165) is 16.8 Å². The zero-order valence-electron chi connectivity index (χ0n) is 9.87. The summed E-state index contributed by atoms with van der Waals surface area (Å²) < 4.78 is 13.2. The molecule has 0 saturated carbocycles. The number of benzene rings is 1. The lowest BCUT2D eigenvalue weighted by Gasteiger charge is -2.06. The van der Waals surface area contributed by atoms with E-state index >= 15 is 0 Å². The molecule has 0 atom stereocenters. The number of hydrogen-bond donors (Lipinski definition) is 1. The quantitative estimate of drug-likeness (QED) is 0.880. The van der Waals surface area contributed by atoms with Gasteiger partial charge in [0.05, 0.1) is 5.69 Å². The van der Waals surface area contributed by atoms with Crippen LogP contribution in [0.4, 0.5) is 4.39 Å². The van der Waals surface area contributed by atoms with E-state index < -0.39 is 0 Å². The maximum absolute atomic E-state index is 13.2. The van der Waals surface area contributed by atoms with E-state index in [2.05, 4.69) is 15.3 Å². The fraction of sp³-hybridized carbons (Fsp3) is 0.231. The molecule has 0 bridgehead atoms. The summed E-state index contributed by atoms with van der Waals surface area (Å²) in [5.41, 5.74) is 2.59. The van der Waals surface area contributed by atoms with Gasteiger partial charge in [-0.1, -0.05) is 6.07 Å². The summed E-state index contributed by atoms with van der Waals surface area (Å²) in [6.45, 7) is 2.59. The maximum Gasteiger partial charge on any atom is 0.159 e. The molecule has 0 aliphatic rings. The second-order valence-corrected chi connectivity index (χ2v) is 3.86. The lowest BCUT2D eigenvalue weighted by atomic mass is 10.1. The van der Waals surface area contributed by atoms with Crippen molar-refractivity contribution in [1.82, 2.24) is 15.3 Å². The van der Waals surface area contributed by atoms with Gasteiger partial charge in [-0.25, -0.2) is 14.4 Å². The van der Waals surface area contributed by atoms with Gasteiger partial charge in [0.2, 0.25) is 0 Å². The summed E-state index contributed by atoms with van der Waals surface area (Å²) >= 11 is 0. The highest BCUT2D eigenvalue weighted by Gasteiger charge is 2.07. The van der Waals surface area contributed by atoms with Crippen LogP contribution in [0.3, 0.4) is 0 Å². The molecule has 1 heterocycles. The molecule has 0 aliphatic heterocycles. The number of rotatable bonds is 3. The molecule has 88 valence electrons. The number of halogens is 1. The zero-order valence-corrected chi connectivity index (χ0v) is 9.87. The Hall–Kier alpha value is -1.81. The van der Waals surface area contributed by atoms with Gasteiger partial charge in [-0.15, -0.1) is 0 Å². The van der Waals surface area contributed by atoms with E-state index in [1.165, 1.54) is 12.1 Å². The van der Waals surface area contributed by atoms with E-state index in [-0.39, 0.29) is 5.82 Å². The van der Waals surface area contributed by atoms with Crippen molar-refractivity contribution in [2.45, 2.75) is 13.5 Å². The standard InChI is InChI=1S/C13H14FN3/c1-9-3-4-10(14)7-12(9)13-16-6-5-11(17-13)8-15-2/h3-7,15H,8H2,1-2H3. The Kier molecular flexibility index (Phi) is 3.44. The molecule has 1 N–H and O–H groups in total. The Balaban J connectivity index is 2.45. The fourth-order valence-corrected chi connectivity index (χ4v) is 1.64. The number of hydrogen-bond acceptors (Lipinski definition) is 3. The first kappa shape index (κ1) is 11.7. The minimum atomic E-state index is -0.270. The molecule has 0 fully saturated rings. The Morgan fingerprint density at radius 2 is 2.12 bits per heavy atom. The lowest BCUT2D eigenvalue weighted by Crippen LogP contribution is -2.07. The third kappa shape index (κ3) is 2.65. The summed E-state index contributed by atoms with van der Waals surface area (Å²) in [7, 11) is 1.86. The average molecular weight is 231 g/mol. The van der Waals surface area contributed by atoms with Crippen molar-refractivity contribution in [2.24, 2.45) is 0 Å². The van der Waals surface area contributed by atoms with Crippen LogP contribution in [0.25, 0.3) is 11.4 Å². The second-order valence-electron chi connectivity index (χ2n) is 3.86. The highest BCUT2D eigenvalue weighted by molar-refractivity contribution is 5.59. The molecule has 1 aromatic heterocycles. The molecule has 0 saturated heterocycles. The fourth-order valence-electron chi connectivity index (χ4n) is 1.64. The predicted octanol–water partition coefficient (Wildman–Crippen LogP) is 2.31. The number of nitrogens with one attached hydrogen (secondary N) is 1. The summed E-state index contributed by atoms with van der Waals surface area (Å²) in [4.78, 5) is 8.58. The van der Waals surface area contributed by atoms with Crippen LogP contribution in [0.2, 0.25) is 0 Å². The van der Waals surface area contributed by atoms with Gasteiger partial charge in [-0.2, -0.15) is 0 Å². The summed E-state index contributed by atoms with van der Waals surface area (Å²) in [6.07, 6.45) is 1.69. The lowest BCUT2D eigenvalue weighted by molar-refractivity contribution is 0.627. The van der Waals surface area contributed by atoms with Crippen LogP contribution in [0.15, 0.2) is 30.5 Å². The average Bonchev–Trinajstić information content (AvgIpc) is 2.33. The zero-order chi connectivity index (χ0) is 12.3. The van der Waals surface area contributed by atoms with Crippen molar-refractivity contribution in [2.75, 3.05) is 7.05 Å². The van der Waals surface area contributed by atoms with Gasteiger partial charge in [0.1, 0.15) is 5.82 Å². The number of nitrogens with zero attached hydrogens (tertiary/aromatic N) is 2. The first-order chi connectivity index (χ1) is 8.20. The third-order valence-electron chi connectivity index (χ3n) is 2.51. The SMILES string of the molecule is CNCc1ccnc(-c2cc(F)ccc2C)n1. The molecule has 4 heteroatoms. The van der Waals surface area contributed by atoms with Crippen molar-refractivity contribution in [1.29, 1.82) is 0 Å². The van der Waals surface area contributed by atoms with Crippen molar-refractivity contribution in [3.05, 3.63) is 47.5 Å². The maximum atomic E-state index is 13.2. The molecule has 2 rings (SSSR count). The third-order valence-corrected chi connectivity index (χ3v) is 2.51. The second kappa shape index (κ2) is 5.01. The van der Waals surface area contributed by atoms with E-state index in [4.69, 9.17) is 0 Å². The molecular formula is C13H14FN3. The first-order valence-electron chi connectivity index (χ1n) is 5.44. The minimum absolute atomic E-state index is 0.270. The predicted molar refractivity (Wildman–Crippen MR) is 64.9 cm³/mol. The highest BCUT2D eigenvalue weighted by atomic mass is 19.1.